The first-order valence-corrected chi connectivity index (χ1v) is 10.4. The van der Waals surface area contributed by atoms with Crippen LogP contribution in [0.15, 0.2) is 27.1 Å². The summed E-state index contributed by atoms with van der Waals surface area (Å²) in [5.41, 5.74) is 0.466. The fraction of sp³-hybridized carbons (Fsp3) is 0.636. The molecule has 0 amide bonds. The number of hydrogen-bond donors (Lipinski definition) is 1. The molecule has 144 valence electrons. The van der Waals surface area contributed by atoms with E-state index in [1.165, 1.54) is 6.42 Å². The zero-order valence-corrected chi connectivity index (χ0v) is 18.1. The molecule has 1 N–H and O–H groups in total. The summed E-state index contributed by atoms with van der Waals surface area (Å²) >= 11 is 3.58. The maximum Gasteiger partial charge on any atom is 0.152 e. The van der Waals surface area contributed by atoms with Crippen LogP contribution >= 0.6 is 15.9 Å². The monoisotopic (exact) mass is 422 g/mol. The third-order valence-corrected chi connectivity index (χ3v) is 7.15. The van der Waals surface area contributed by atoms with Gasteiger partial charge in [0.1, 0.15) is 16.0 Å². The summed E-state index contributed by atoms with van der Waals surface area (Å²) in [6.45, 7) is 8.85. The molecule has 2 aromatic rings. The van der Waals surface area contributed by atoms with Crippen LogP contribution in [0.5, 0.6) is 5.75 Å². The molecule has 0 unspecified atom stereocenters. The van der Waals surface area contributed by atoms with Crippen molar-refractivity contribution in [3.05, 3.63) is 28.4 Å². The van der Waals surface area contributed by atoms with Gasteiger partial charge in [0.15, 0.2) is 5.58 Å². The van der Waals surface area contributed by atoms with Crippen LogP contribution in [0.25, 0.3) is 11.0 Å². The van der Waals surface area contributed by atoms with Gasteiger partial charge in [0.05, 0.1) is 12.7 Å². The number of halogens is 1. The van der Waals surface area contributed by atoms with Gasteiger partial charge in [-0.3, -0.25) is 0 Å². The molecule has 4 heteroatoms. The van der Waals surface area contributed by atoms with Crippen LogP contribution in [-0.4, -0.2) is 17.8 Å². The topological polar surface area (TPSA) is 42.6 Å². The Hall–Kier alpha value is -1.00. The van der Waals surface area contributed by atoms with Crippen LogP contribution in [0.1, 0.15) is 71.5 Å². The maximum absolute atomic E-state index is 10.9. The highest BCUT2D eigenvalue weighted by Crippen LogP contribution is 2.49. The minimum absolute atomic E-state index is 0.186. The number of rotatable bonds is 5. The van der Waals surface area contributed by atoms with Crippen molar-refractivity contribution in [3.8, 4) is 5.75 Å². The van der Waals surface area contributed by atoms with E-state index in [0.717, 1.165) is 52.6 Å². The summed E-state index contributed by atoms with van der Waals surface area (Å²) in [4.78, 5) is 0. The molecule has 3 atom stereocenters. The Kier molecular flexibility index (Phi) is 5.47. The lowest BCUT2D eigenvalue weighted by Crippen LogP contribution is -2.47. The molecule has 1 aromatic carbocycles. The van der Waals surface area contributed by atoms with E-state index < -0.39 is 5.60 Å². The largest absolute Gasteiger partial charge is 0.495 e. The van der Waals surface area contributed by atoms with Crippen LogP contribution in [0.3, 0.4) is 0 Å². The molecule has 1 aliphatic rings. The number of hydrogen-bond acceptors (Lipinski definition) is 3. The number of fused-ring (bicyclic) bond motifs is 1. The summed E-state index contributed by atoms with van der Waals surface area (Å²) in [5.74, 6) is 2.42. The first kappa shape index (κ1) is 19.8. The summed E-state index contributed by atoms with van der Waals surface area (Å²) in [7, 11) is 1.66. The predicted molar refractivity (Wildman–Crippen MR) is 110 cm³/mol. The molecule has 1 aliphatic carbocycles. The molecule has 1 heterocycles. The normalized spacial score (nSPS) is 26.8. The summed E-state index contributed by atoms with van der Waals surface area (Å²) in [6, 6.07) is 6.13. The standard InChI is InChI=1S/C22H31BrO3/c1-14(7-10-18-21(2,3)11-6-12-22(18,4)24)17-13-15-8-9-16(25-5)19(23)20(15)26-17/h8-9,13-14,18,24H,6-7,10-12H2,1-5H3/t14-,18+,22+/m1/s1. The van der Waals surface area contributed by atoms with E-state index in [2.05, 4.69) is 42.8 Å². The van der Waals surface area contributed by atoms with E-state index in [1.54, 1.807) is 7.11 Å². The van der Waals surface area contributed by atoms with Crippen molar-refractivity contribution in [2.24, 2.45) is 11.3 Å². The third-order valence-electron chi connectivity index (χ3n) is 6.40. The second kappa shape index (κ2) is 7.20. The zero-order valence-electron chi connectivity index (χ0n) is 16.6. The van der Waals surface area contributed by atoms with E-state index in [-0.39, 0.29) is 5.41 Å². The fourth-order valence-electron chi connectivity index (χ4n) is 4.82. The van der Waals surface area contributed by atoms with Crippen LogP contribution < -0.4 is 4.74 Å². The molecule has 0 spiro atoms. The average molecular weight is 423 g/mol. The van der Waals surface area contributed by atoms with Crippen LogP contribution in [0.2, 0.25) is 0 Å². The van der Waals surface area contributed by atoms with Gasteiger partial charge in [0, 0.05) is 11.3 Å². The van der Waals surface area contributed by atoms with Crippen molar-refractivity contribution in [2.75, 3.05) is 7.11 Å². The van der Waals surface area contributed by atoms with E-state index in [0.29, 0.717) is 11.8 Å². The quantitative estimate of drug-likeness (QED) is 0.584. The van der Waals surface area contributed by atoms with Gasteiger partial charge < -0.3 is 14.3 Å². The lowest BCUT2D eigenvalue weighted by molar-refractivity contribution is -0.0932. The van der Waals surface area contributed by atoms with Gasteiger partial charge in [0.2, 0.25) is 0 Å². The first-order valence-electron chi connectivity index (χ1n) is 9.64. The lowest BCUT2D eigenvalue weighted by Gasteiger charge is -2.48. The van der Waals surface area contributed by atoms with Crippen LogP contribution in [0, 0.1) is 11.3 Å². The van der Waals surface area contributed by atoms with Crippen molar-refractivity contribution in [1.82, 2.24) is 0 Å². The lowest BCUT2D eigenvalue weighted by atomic mass is 9.60. The van der Waals surface area contributed by atoms with Gasteiger partial charge >= 0.3 is 0 Å². The van der Waals surface area contributed by atoms with Crippen molar-refractivity contribution < 1.29 is 14.3 Å². The molecule has 0 saturated heterocycles. The van der Waals surface area contributed by atoms with Crippen molar-refractivity contribution >= 4 is 26.9 Å². The molecule has 3 nitrogen and oxygen atoms in total. The molecule has 26 heavy (non-hydrogen) atoms. The number of aliphatic hydroxyl groups is 1. The number of benzene rings is 1. The summed E-state index contributed by atoms with van der Waals surface area (Å²) in [6.07, 6.45) is 5.25. The van der Waals surface area contributed by atoms with E-state index in [9.17, 15) is 5.11 Å². The summed E-state index contributed by atoms with van der Waals surface area (Å²) < 4.78 is 12.4. The van der Waals surface area contributed by atoms with Gasteiger partial charge in [-0.2, -0.15) is 0 Å². The molecule has 0 aliphatic heterocycles. The van der Waals surface area contributed by atoms with Crippen molar-refractivity contribution in [3.63, 3.8) is 0 Å². The SMILES string of the molecule is COc1ccc2cc([C@H](C)CC[C@H]3C(C)(C)CCC[C@]3(C)O)oc2c1Br. The van der Waals surface area contributed by atoms with Gasteiger partial charge in [-0.25, -0.2) is 0 Å². The Morgan fingerprint density at radius 3 is 2.69 bits per heavy atom. The Morgan fingerprint density at radius 1 is 1.31 bits per heavy atom. The Labute approximate surface area is 165 Å². The molecular formula is C22H31BrO3. The molecule has 3 rings (SSSR count). The molecule has 1 aromatic heterocycles. The predicted octanol–water partition coefficient (Wildman–Crippen LogP) is 6.66. The van der Waals surface area contributed by atoms with Gasteiger partial charge in [-0.05, 0) is 78.1 Å². The van der Waals surface area contributed by atoms with Gasteiger partial charge in [0.25, 0.3) is 0 Å². The van der Waals surface area contributed by atoms with Crippen molar-refractivity contribution in [1.29, 1.82) is 0 Å². The van der Waals surface area contributed by atoms with Gasteiger partial charge in [-0.15, -0.1) is 0 Å². The van der Waals surface area contributed by atoms with E-state index >= 15 is 0 Å². The van der Waals surface area contributed by atoms with Crippen LogP contribution in [0.4, 0.5) is 0 Å². The smallest absolute Gasteiger partial charge is 0.152 e. The minimum atomic E-state index is -0.564. The van der Waals surface area contributed by atoms with Crippen molar-refractivity contribution in [2.45, 2.75) is 71.3 Å². The Morgan fingerprint density at radius 2 is 2.04 bits per heavy atom. The second-order valence-electron chi connectivity index (χ2n) is 8.88. The second-order valence-corrected chi connectivity index (χ2v) is 9.67. The van der Waals surface area contributed by atoms with E-state index in [1.807, 2.05) is 19.1 Å². The van der Waals surface area contributed by atoms with Crippen LogP contribution in [-0.2, 0) is 0 Å². The highest BCUT2D eigenvalue weighted by atomic mass is 79.9. The summed E-state index contributed by atoms with van der Waals surface area (Å²) in [5, 5.41) is 12.0. The molecule has 1 fully saturated rings. The first-order chi connectivity index (χ1) is 12.2. The molecule has 0 bridgehead atoms. The maximum atomic E-state index is 10.9. The highest BCUT2D eigenvalue weighted by molar-refractivity contribution is 9.10. The van der Waals surface area contributed by atoms with E-state index in [4.69, 9.17) is 9.15 Å². The number of furan rings is 1. The highest BCUT2D eigenvalue weighted by Gasteiger charge is 2.45. The fourth-order valence-corrected chi connectivity index (χ4v) is 5.43. The molecule has 0 radical (unpaired) electrons. The average Bonchev–Trinajstić information content (AvgIpc) is 2.98. The zero-order chi connectivity index (χ0) is 19.1. The minimum Gasteiger partial charge on any atom is -0.495 e. The number of ether oxygens (including phenoxy) is 1. The van der Waals surface area contributed by atoms with Gasteiger partial charge in [-0.1, -0.05) is 27.2 Å². The number of methoxy groups -OCH3 is 1. The Balaban J connectivity index is 1.77. The molecule has 1 saturated carbocycles. The third kappa shape index (κ3) is 3.68. The molecular weight excluding hydrogens is 392 g/mol. The Bertz CT molecular complexity index is 759.